The number of hydrogen-bond acceptors (Lipinski definition) is 2. The molecule has 3 aromatic carbocycles. The van der Waals surface area contributed by atoms with E-state index in [0.717, 1.165) is 22.8 Å². The van der Waals surface area contributed by atoms with Crippen LogP contribution >= 0.6 is 0 Å². The monoisotopic (exact) mass is 404 g/mol. The Balaban J connectivity index is 1.78. The molecule has 0 saturated carbocycles. The van der Waals surface area contributed by atoms with Crippen LogP contribution in [0.4, 0.5) is 8.78 Å². The first kappa shape index (κ1) is 20.0. The predicted molar refractivity (Wildman–Crippen MR) is 114 cm³/mol. The largest absolute Gasteiger partial charge is 0.496 e. The van der Waals surface area contributed by atoms with Crippen molar-refractivity contribution in [1.29, 1.82) is 0 Å². The average molecular weight is 404 g/mol. The van der Waals surface area contributed by atoms with Gasteiger partial charge in [-0.2, -0.15) is 0 Å². The Kier molecular flexibility index (Phi) is 5.49. The molecule has 0 saturated heterocycles. The molecule has 0 bridgehead atoms. The van der Waals surface area contributed by atoms with Crippen molar-refractivity contribution in [3.8, 4) is 5.75 Å². The van der Waals surface area contributed by atoms with Crippen molar-refractivity contribution in [3.05, 3.63) is 107 Å². The number of ether oxygens (including phenoxy) is 1. The zero-order chi connectivity index (χ0) is 21.3. The van der Waals surface area contributed by atoms with Crippen LogP contribution in [0.1, 0.15) is 39.4 Å². The third-order valence-electron chi connectivity index (χ3n) is 5.69. The molecule has 0 heterocycles. The van der Waals surface area contributed by atoms with Gasteiger partial charge in [0, 0.05) is 17.4 Å². The molecular formula is C26H22F2O2. The summed E-state index contributed by atoms with van der Waals surface area (Å²) in [4.78, 5) is 13.5. The maximum absolute atomic E-state index is 13.8. The van der Waals surface area contributed by atoms with Crippen molar-refractivity contribution in [3.63, 3.8) is 0 Å². The molecule has 0 radical (unpaired) electrons. The Labute approximate surface area is 174 Å². The zero-order valence-corrected chi connectivity index (χ0v) is 16.9. The van der Waals surface area contributed by atoms with E-state index in [2.05, 4.69) is 0 Å². The van der Waals surface area contributed by atoms with Crippen molar-refractivity contribution >= 4 is 11.4 Å². The number of hydrogen-bond donors (Lipinski definition) is 0. The molecule has 0 aromatic heterocycles. The van der Waals surface area contributed by atoms with E-state index < -0.39 is 17.6 Å². The fourth-order valence-electron chi connectivity index (χ4n) is 4.20. The highest BCUT2D eigenvalue weighted by Crippen LogP contribution is 2.46. The molecule has 0 amide bonds. The fraction of sp³-hybridized carbons (Fsp3) is 0.192. The number of carbonyl (C=O) groups is 1. The summed E-state index contributed by atoms with van der Waals surface area (Å²) in [6.45, 7) is 1.95. The Hall–Kier alpha value is -3.27. The maximum Gasteiger partial charge on any atom is 0.170 e. The molecule has 0 spiro atoms. The minimum atomic E-state index is -0.893. The van der Waals surface area contributed by atoms with Crippen LogP contribution in [-0.2, 0) is 0 Å². The standard InChI is InChI=1S/C26H22F2O2/c1-16-6-5-7-18(12-16)26(29)22-14-19(17-10-11-23(27)24(28)15-17)13-21(22)20-8-3-4-9-25(20)30-2/h3-12,14-15,21-22H,13H2,1-2H3. The third-order valence-corrected chi connectivity index (χ3v) is 5.69. The first-order valence-corrected chi connectivity index (χ1v) is 9.88. The molecule has 3 aromatic rings. The average Bonchev–Trinajstić information content (AvgIpc) is 3.20. The van der Waals surface area contributed by atoms with E-state index in [4.69, 9.17) is 4.74 Å². The van der Waals surface area contributed by atoms with Gasteiger partial charge in [-0.3, -0.25) is 4.79 Å². The maximum atomic E-state index is 13.8. The van der Waals surface area contributed by atoms with Gasteiger partial charge in [0.2, 0.25) is 0 Å². The second-order valence-corrected chi connectivity index (χ2v) is 7.63. The van der Waals surface area contributed by atoms with Crippen LogP contribution in [0, 0.1) is 24.5 Å². The summed E-state index contributed by atoms with van der Waals surface area (Å²) in [5, 5.41) is 0. The highest BCUT2D eigenvalue weighted by molar-refractivity contribution is 6.01. The van der Waals surface area contributed by atoms with Gasteiger partial charge < -0.3 is 4.74 Å². The van der Waals surface area contributed by atoms with Crippen LogP contribution in [0.2, 0.25) is 0 Å². The van der Waals surface area contributed by atoms with Gasteiger partial charge in [0.25, 0.3) is 0 Å². The Morgan fingerprint density at radius 3 is 2.50 bits per heavy atom. The van der Waals surface area contributed by atoms with Crippen LogP contribution in [0.25, 0.3) is 5.57 Å². The second kappa shape index (κ2) is 8.23. The smallest absolute Gasteiger partial charge is 0.170 e. The summed E-state index contributed by atoms with van der Waals surface area (Å²) in [6.07, 6.45) is 2.43. The summed E-state index contributed by atoms with van der Waals surface area (Å²) in [6, 6.07) is 19.0. The van der Waals surface area contributed by atoms with Crippen molar-refractivity contribution in [1.82, 2.24) is 0 Å². The summed E-state index contributed by atoms with van der Waals surface area (Å²) >= 11 is 0. The summed E-state index contributed by atoms with van der Waals surface area (Å²) in [7, 11) is 1.61. The topological polar surface area (TPSA) is 26.3 Å². The van der Waals surface area contributed by atoms with E-state index >= 15 is 0 Å². The Morgan fingerprint density at radius 2 is 1.77 bits per heavy atom. The number of carbonyl (C=O) groups excluding carboxylic acids is 1. The van der Waals surface area contributed by atoms with Gasteiger partial charge in [0.05, 0.1) is 7.11 Å². The lowest BCUT2D eigenvalue weighted by Crippen LogP contribution is -2.18. The molecule has 0 N–H and O–H groups in total. The van der Waals surface area contributed by atoms with E-state index in [1.54, 1.807) is 13.2 Å². The van der Waals surface area contributed by atoms with Crippen molar-refractivity contribution < 1.29 is 18.3 Å². The molecular weight excluding hydrogens is 382 g/mol. The number of aryl methyl sites for hydroxylation is 1. The van der Waals surface area contributed by atoms with Crippen LogP contribution in [0.15, 0.2) is 72.8 Å². The molecule has 2 unspecified atom stereocenters. The number of para-hydroxylation sites is 1. The predicted octanol–water partition coefficient (Wildman–Crippen LogP) is 6.35. The molecule has 4 heteroatoms. The lowest BCUT2D eigenvalue weighted by Gasteiger charge is -2.21. The van der Waals surface area contributed by atoms with Gasteiger partial charge >= 0.3 is 0 Å². The van der Waals surface area contributed by atoms with E-state index in [0.29, 0.717) is 23.3 Å². The number of rotatable bonds is 5. The van der Waals surface area contributed by atoms with Crippen molar-refractivity contribution in [2.75, 3.05) is 7.11 Å². The number of allylic oxidation sites excluding steroid dienone is 2. The SMILES string of the molecule is COc1ccccc1C1CC(c2ccc(F)c(F)c2)=CC1C(=O)c1cccc(C)c1. The van der Waals surface area contributed by atoms with Gasteiger partial charge in [-0.15, -0.1) is 0 Å². The first-order chi connectivity index (χ1) is 14.5. The highest BCUT2D eigenvalue weighted by atomic mass is 19.2. The first-order valence-electron chi connectivity index (χ1n) is 9.88. The van der Waals surface area contributed by atoms with Crippen LogP contribution in [-0.4, -0.2) is 12.9 Å². The molecule has 2 nitrogen and oxygen atoms in total. The minimum Gasteiger partial charge on any atom is -0.496 e. The molecule has 0 fully saturated rings. The van der Waals surface area contributed by atoms with Crippen LogP contribution in [0.3, 0.4) is 0 Å². The Bertz CT molecular complexity index is 1130. The number of benzene rings is 3. The number of methoxy groups -OCH3 is 1. The van der Waals surface area contributed by atoms with E-state index in [9.17, 15) is 13.6 Å². The quantitative estimate of drug-likeness (QED) is 0.463. The van der Waals surface area contributed by atoms with E-state index in [1.807, 2.05) is 61.5 Å². The second-order valence-electron chi connectivity index (χ2n) is 7.63. The highest BCUT2D eigenvalue weighted by Gasteiger charge is 2.36. The van der Waals surface area contributed by atoms with Gasteiger partial charge in [-0.1, -0.05) is 54.1 Å². The zero-order valence-electron chi connectivity index (χ0n) is 16.9. The molecule has 30 heavy (non-hydrogen) atoms. The fourth-order valence-corrected chi connectivity index (χ4v) is 4.20. The van der Waals surface area contributed by atoms with Gasteiger partial charge in [-0.05, 0) is 54.3 Å². The molecule has 0 aliphatic heterocycles. The number of Topliss-reactive ketones (excluding diaryl/α,β-unsaturated/α-hetero) is 1. The molecule has 2 atom stereocenters. The van der Waals surface area contributed by atoms with Crippen molar-refractivity contribution in [2.24, 2.45) is 5.92 Å². The van der Waals surface area contributed by atoms with E-state index in [1.165, 1.54) is 6.07 Å². The summed E-state index contributed by atoms with van der Waals surface area (Å²) in [5.41, 5.74) is 4.00. The lowest BCUT2D eigenvalue weighted by molar-refractivity contribution is 0.0934. The van der Waals surface area contributed by atoms with Gasteiger partial charge in [0.15, 0.2) is 17.4 Å². The summed E-state index contributed by atoms with van der Waals surface area (Å²) < 4.78 is 32.8. The van der Waals surface area contributed by atoms with Gasteiger partial charge in [-0.25, -0.2) is 8.78 Å². The number of halogens is 2. The minimum absolute atomic E-state index is 0.00666. The van der Waals surface area contributed by atoms with E-state index in [-0.39, 0.29) is 11.7 Å². The molecule has 1 aliphatic rings. The summed E-state index contributed by atoms with van der Waals surface area (Å²) in [5.74, 6) is -1.64. The molecule has 152 valence electrons. The lowest BCUT2D eigenvalue weighted by atomic mass is 9.82. The van der Waals surface area contributed by atoms with Gasteiger partial charge in [0.1, 0.15) is 5.75 Å². The van der Waals surface area contributed by atoms with Crippen molar-refractivity contribution in [2.45, 2.75) is 19.3 Å². The van der Waals surface area contributed by atoms with Crippen LogP contribution < -0.4 is 4.74 Å². The molecule has 1 aliphatic carbocycles. The normalized spacial score (nSPS) is 18.2. The third kappa shape index (κ3) is 3.78. The molecule has 4 rings (SSSR count). The van der Waals surface area contributed by atoms with Crippen LogP contribution in [0.5, 0.6) is 5.75 Å². The number of ketones is 1. The Morgan fingerprint density at radius 1 is 0.967 bits per heavy atom.